The number of hydrogen-bond acceptors (Lipinski definition) is 1. The quantitative estimate of drug-likeness (QED) is 0.220. The fourth-order valence-electron chi connectivity index (χ4n) is 5.69. The number of ether oxygens (including phenoxy) is 1. The number of methoxy groups -OCH3 is 1. The van der Waals surface area contributed by atoms with Crippen molar-refractivity contribution in [3.63, 3.8) is 0 Å². The Kier molecular flexibility index (Phi) is 10.8. The van der Waals surface area contributed by atoms with Crippen molar-refractivity contribution in [2.24, 2.45) is 0 Å². The van der Waals surface area contributed by atoms with Crippen LogP contribution in [0.1, 0.15) is 152 Å². The third kappa shape index (κ3) is 6.41. The lowest BCUT2D eigenvalue weighted by Crippen LogP contribution is -2.07. The van der Waals surface area contributed by atoms with Gasteiger partial charge in [-0.1, -0.05) is 107 Å². The minimum absolute atomic E-state index is 0.388. The summed E-state index contributed by atoms with van der Waals surface area (Å²) in [5, 5.41) is 0. The van der Waals surface area contributed by atoms with Gasteiger partial charge in [0.05, 0.1) is 16.1 Å². The first-order valence-corrected chi connectivity index (χ1v) is 16.6. The van der Waals surface area contributed by atoms with E-state index in [-0.39, 0.29) is 0 Å². The molecule has 3 rings (SSSR count). The van der Waals surface area contributed by atoms with E-state index in [4.69, 9.17) is 4.74 Å². The second-order valence-corrected chi connectivity index (χ2v) is 14.8. The number of benzene rings is 3. The third-order valence-corrected chi connectivity index (χ3v) is 9.74. The van der Waals surface area contributed by atoms with Crippen LogP contribution in [0.15, 0.2) is 39.3 Å². The van der Waals surface area contributed by atoms with Gasteiger partial charge in [-0.15, -0.1) is 0 Å². The number of hydrogen-bond donors (Lipinski definition) is 0. The highest BCUT2D eigenvalue weighted by molar-refractivity contribution is 9.11. The Balaban J connectivity index is 2.59. The van der Waals surface area contributed by atoms with E-state index in [1.54, 1.807) is 7.11 Å². The fraction of sp³-hybridized carbons (Fsp3) is 0.514. The number of rotatable bonds is 9. The molecule has 0 aliphatic heterocycles. The van der Waals surface area contributed by atoms with E-state index in [0.29, 0.717) is 35.5 Å². The van der Waals surface area contributed by atoms with Gasteiger partial charge in [-0.25, -0.2) is 0 Å². The summed E-state index contributed by atoms with van der Waals surface area (Å²) in [7, 11) is 1.78. The van der Waals surface area contributed by atoms with Crippen LogP contribution >= 0.6 is 31.9 Å². The molecule has 0 aliphatic rings. The van der Waals surface area contributed by atoms with Gasteiger partial charge in [-0.3, -0.25) is 0 Å². The van der Waals surface area contributed by atoms with Crippen molar-refractivity contribution in [2.45, 2.75) is 119 Å². The zero-order chi connectivity index (χ0) is 30.2. The maximum Gasteiger partial charge on any atom is 0.148 e. The maximum absolute atomic E-state index is 6.13. The van der Waals surface area contributed by atoms with Crippen molar-refractivity contribution in [3.05, 3.63) is 72.7 Å². The summed E-state index contributed by atoms with van der Waals surface area (Å²) in [6.45, 7) is 27.7. The van der Waals surface area contributed by atoms with Gasteiger partial charge >= 0.3 is 0 Å². The molecule has 3 aromatic rings. The molecule has 0 atom stereocenters. The third-order valence-electron chi connectivity index (χ3n) is 8.17. The lowest BCUT2D eigenvalue weighted by Gasteiger charge is -2.27. The van der Waals surface area contributed by atoms with E-state index in [1.165, 1.54) is 55.6 Å². The van der Waals surface area contributed by atoms with Crippen LogP contribution in [-0.4, -0.2) is 7.11 Å². The van der Waals surface area contributed by atoms with Gasteiger partial charge in [-0.05, 0) is 118 Å². The second-order valence-electron chi connectivity index (χ2n) is 13.2. The van der Waals surface area contributed by atoms with Gasteiger partial charge in [0, 0.05) is 11.1 Å². The summed E-state index contributed by atoms with van der Waals surface area (Å²) < 4.78 is 8.14. The molecule has 0 amide bonds. The topological polar surface area (TPSA) is 9.23 Å². The summed E-state index contributed by atoms with van der Waals surface area (Å²) in [5.74, 6) is 3.35. The lowest BCUT2D eigenvalue weighted by molar-refractivity contribution is 0.410. The average molecular weight is 671 g/mol. The molecule has 0 saturated heterocycles. The fourth-order valence-corrected chi connectivity index (χ4v) is 7.30. The molecule has 218 valence electrons. The van der Waals surface area contributed by atoms with Crippen molar-refractivity contribution in [1.29, 1.82) is 0 Å². The van der Waals surface area contributed by atoms with Gasteiger partial charge in [-0.2, -0.15) is 0 Å². The summed E-state index contributed by atoms with van der Waals surface area (Å²) >= 11 is 8.04. The van der Waals surface area contributed by atoms with E-state index in [2.05, 4.69) is 145 Å². The van der Waals surface area contributed by atoms with E-state index >= 15 is 0 Å². The molecule has 0 spiro atoms. The summed E-state index contributed by atoms with van der Waals surface area (Å²) in [5.41, 5.74) is 13.5. The SMILES string of the molecule is COc1c(Br)c(-c2c(C(C)C)cc(C(C)C)cc2C(C)C)cc(-c2c(C(C)C)cc(C(C)C)cc2C(C)C)c1Br. The van der Waals surface area contributed by atoms with Crippen LogP contribution in [0, 0.1) is 0 Å². The molecular formula is C37H50Br2O. The minimum atomic E-state index is 0.388. The Morgan fingerprint density at radius 2 is 0.725 bits per heavy atom. The first-order valence-electron chi connectivity index (χ1n) is 15.0. The number of halogens is 2. The highest BCUT2D eigenvalue weighted by Gasteiger charge is 2.27. The molecule has 0 aliphatic carbocycles. The van der Waals surface area contributed by atoms with Crippen molar-refractivity contribution in [3.8, 4) is 28.0 Å². The van der Waals surface area contributed by atoms with Crippen molar-refractivity contribution < 1.29 is 4.74 Å². The molecule has 40 heavy (non-hydrogen) atoms. The minimum Gasteiger partial charge on any atom is -0.494 e. The first kappa shape index (κ1) is 32.9. The predicted octanol–water partition coefficient (Wildman–Crippen LogP) is 13.3. The summed E-state index contributed by atoms with van der Waals surface area (Å²) in [4.78, 5) is 0. The smallest absolute Gasteiger partial charge is 0.148 e. The molecule has 3 heteroatoms. The zero-order valence-electron chi connectivity index (χ0n) is 27.0. The van der Waals surface area contributed by atoms with E-state index in [0.717, 1.165) is 14.7 Å². The van der Waals surface area contributed by atoms with Gasteiger partial charge in [0.25, 0.3) is 0 Å². The Hall–Kier alpha value is -1.58. The van der Waals surface area contributed by atoms with Crippen LogP contribution in [0.4, 0.5) is 0 Å². The first-order chi connectivity index (χ1) is 18.6. The normalized spacial score (nSPS) is 12.2. The van der Waals surface area contributed by atoms with Crippen LogP contribution in [0.3, 0.4) is 0 Å². The lowest BCUT2D eigenvalue weighted by atomic mass is 9.79. The molecule has 0 heterocycles. The molecule has 0 fully saturated rings. The second kappa shape index (κ2) is 13.2. The molecule has 0 aromatic heterocycles. The highest BCUT2D eigenvalue weighted by Crippen LogP contribution is 2.52. The van der Waals surface area contributed by atoms with Gasteiger partial charge < -0.3 is 4.74 Å². The van der Waals surface area contributed by atoms with Gasteiger partial charge in [0.15, 0.2) is 0 Å². The molecule has 0 radical (unpaired) electrons. The van der Waals surface area contributed by atoms with E-state index in [1.807, 2.05) is 0 Å². The molecule has 0 unspecified atom stereocenters. The van der Waals surface area contributed by atoms with Crippen LogP contribution < -0.4 is 4.74 Å². The van der Waals surface area contributed by atoms with E-state index < -0.39 is 0 Å². The molecule has 0 bridgehead atoms. The summed E-state index contributed by atoms with van der Waals surface area (Å²) in [6, 6.07) is 12.2. The Morgan fingerprint density at radius 1 is 0.450 bits per heavy atom. The van der Waals surface area contributed by atoms with E-state index in [9.17, 15) is 0 Å². The highest BCUT2D eigenvalue weighted by atomic mass is 79.9. The molecule has 1 nitrogen and oxygen atoms in total. The largest absolute Gasteiger partial charge is 0.494 e. The Labute approximate surface area is 261 Å². The van der Waals surface area contributed by atoms with Crippen LogP contribution in [-0.2, 0) is 0 Å². The van der Waals surface area contributed by atoms with Crippen LogP contribution in [0.5, 0.6) is 5.75 Å². The molecular weight excluding hydrogens is 620 g/mol. The van der Waals surface area contributed by atoms with Gasteiger partial charge in [0.1, 0.15) is 5.75 Å². The predicted molar refractivity (Wildman–Crippen MR) is 184 cm³/mol. The van der Waals surface area contributed by atoms with Crippen LogP contribution in [0.25, 0.3) is 22.3 Å². The van der Waals surface area contributed by atoms with Crippen molar-refractivity contribution >= 4 is 31.9 Å². The monoisotopic (exact) mass is 668 g/mol. The van der Waals surface area contributed by atoms with Crippen LogP contribution in [0.2, 0.25) is 0 Å². The molecule has 0 saturated carbocycles. The van der Waals surface area contributed by atoms with Crippen molar-refractivity contribution in [1.82, 2.24) is 0 Å². The average Bonchev–Trinajstić information content (AvgIpc) is 2.87. The molecule has 0 N–H and O–H groups in total. The Morgan fingerprint density at radius 3 is 0.925 bits per heavy atom. The molecule has 3 aromatic carbocycles. The van der Waals surface area contributed by atoms with Gasteiger partial charge in [0.2, 0.25) is 0 Å². The maximum atomic E-state index is 6.13. The summed E-state index contributed by atoms with van der Waals surface area (Å²) in [6.07, 6.45) is 0. The van der Waals surface area contributed by atoms with Crippen molar-refractivity contribution in [2.75, 3.05) is 7.11 Å². The standard InChI is InChI=1S/C37H50Br2O/c1-19(2)25-14-27(21(5)6)33(28(15-25)22(7)8)31-18-32(36(39)37(40-13)35(31)38)34-29(23(9)10)16-26(20(3)4)17-30(34)24(11)12/h14-24H,1-13H3. The Bertz CT molecular complexity index is 1200. The zero-order valence-corrected chi connectivity index (χ0v) is 30.2.